The lowest BCUT2D eigenvalue weighted by atomic mass is 10.0. The van der Waals surface area contributed by atoms with Crippen LogP contribution in [0.25, 0.3) is 0 Å². The van der Waals surface area contributed by atoms with E-state index >= 15 is 0 Å². The number of hydrogen-bond acceptors (Lipinski definition) is 2. The summed E-state index contributed by atoms with van der Waals surface area (Å²) in [5, 5.41) is 9.02. The molecule has 1 rings (SSSR count). The Labute approximate surface area is 88.5 Å². The number of hydrogen-bond donors (Lipinski definition) is 1. The summed E-state index contributed by atoms with van der Waals surface area (Å²) in [5.74, 6) is 0.357. The van der Waals surface area contributed by atoms with E-state index in [0.29, 0.717) is 17.9 Å². The minimum absolute atomic E-state index is 0.0229. The quantitative estimate of drug-likeness (QED) is 0.614. The van der Waals surface area contributed by atoms with Gasteiger partial charge in [-0.2, -0.15) is 0 Å². The van der Waals surface area contributed by atoms with Crippen molar-refractivity contribution in [1.82, 2.24) is 0 Å². The SMILES string of the molecule is Cc1ccc(C(=O)CCCl)cc1CO. The second kappa shape index (κ2) is 5.13. The fraction of sp³-hybridized carbons (Fsp3) is 0.364. The largest absolute Gasteiger partial charge is 0.392 e. The molecule has 0 heterocycles. The van der Waals surface area contributed by atoms with E-state index in [1.54, 1.807) is 12.1 Å². The molecule has 0 aromatic heterocycles. The molecule has 0 aliphatic rings. The zero-order chi connectivity index (χ0) is 10.6. The van der Waals surface area contributed by atoms with Gasteiger partial charge < -0.3 is 5.11 Å². The summed E-state index contributed by atoms with van der Waals surface area (Å²) in [5.41, 5.74) is 2.42. The third kappa shape index (κ3) is 2.56. The minimum atomic E-state index is -0.0339. The Balaban J connectivity index is 2.94. The number of halogens is 1. The normalized spacial score (nSPS) is 10.2. The van der Waals surface area contributed by atoms with Crippen molar-refractivity contribution in [3.63, 3.8) is 0 Å². The lowest BCUT2D eigenvalue weighted by Crippen LogP contribution is -2.01. The van der Waals surface area contributed by atoms with Crippen LogP contribution in [0.4, 0.5) is 0 Å². The van der Waals surface area contributed by atoms with Gasteiger partial charge >= 0.3 is 0 Å². The molecule has 0 bridgehead atoms. The van der Waals surface area contributed by atoms with Crippen molar-refractivity contribution in [2.45, 2.75) is 20.0 Å². The van der Waals surface area contributed by atoms with E-state index in [0.717, 1.165) is 11.1 Å². The second-order valence-corrected chi connectivity index (χ2v) is 3.54. The third-order valence-corrected chi connectivity index (χ3v) is 2.35. The standard InChI is InChI=1S/C11H13ClO2/c1-8-2-3-9(6-10(8)7-13)11(14)4-5-12/h2-3,6,13H,4-5,7H2,1H3. The van der Waals surface area contributed by atoms with Crippen LogP contribution in [0.2, 0.25) is 0 Å². The number of benzene rings is 1. The van der Waals surface area contributed by atoms with Gasteiger partial charge in [0.05, 0.1) is 6.61 Å². The number of rotatable bonds is 4. The van der Waals surface area contributed by atoms with Crippen LogP contribution in [0.15, 0.2) is 18.2 Å². The Kier molecular flexibility index (Phi) is 4.11. The molecule has 0 radical (unpaired) electrons. The van der Waals surface area contributed by atoms with Gasteiger partial charge in [0.2, 0.25) is 0 Å². The molecule has 0 saturated heterocycles. The predicted molar refractivity (Wildman–Crippen MR) is 56.8 cm³/mol. The number of aliphatic hydroxyl groups is 1. The van der Waals surface area contributed by atoms with Crippen LogP contribution >= 0.6 is 11.6 Å². The van der Waals surface area contributed by atoms with Crippen molar-refractivity contribution < 1.29 is 9.90 Å². The van der Waals surface area contributed by atoms with Crippen LogP contribution in [0, 0.1) is 6.92 Å². The molecule has 0 saturated carbocycles. The number of ketones is 1. The predicted octanol–water partition coefficient (Wildman–Crippen LogP) is 2.30. The summed E-state index contributed by atoms with van der Waals surface area (Å²) >= 11 is 5.48. The van der Waals surface area contributed by atoms with Crippen LogP contribution in [0.5, 0.6) is 0 Å². The molecule has 0 fully saturated rings. The Hall–Kier alpha value is -0.860. The van der Waals surface area contributed by atoms with Crippen molar-refractivity contribution >= 4 is 17.4 Å². The summed E-state index contributed by atoms with van der Waals surface area (Å²) in [6.07, 6.45) is 0.343. The molecular weight excluding hydrogens is 200 g/mol. The molecule has 14 heavy (non-hydrogen) atoms. The maximum absolute atomic E-state index is 11.5. The minimum Gasteiger partial charge on any atom is -0.392 e. The molecule has 1 N–H and O–H groups in total. The van der Waals surface area contributed by atoms with Gasteiger partial charge in [-0.25, -0.2) is 0 Å². The number of carbonyl (C=O) groups excluding carboxylic acids is 1. The summed E-state index contributed by atoms with van der Waals surface area (Å²) in [4.78, 5) is 11.5. The Morgan fingerprint density at radius 3 is 2.79 bits per heavy atom. The number of aryl methyl sites for hydroxylation is 1. The van der Waals surface area contributed by atoms with E-state index in [1.165, 1.54) is 0 Å². The van der Waals surface area contributed by atoms with Crippen LogP contribution < -0.4 is 0 Å². The maximum Gasteiger partial charge on any atom is 0.164 e. The van der Waals surface area contributed by atoms with E-state index in [4.69, 9.17) is 16.7 Å². The third-order valence-electron chi connectivity index (χ3n) is 2.16. The van der Waals surface area contributed by atoms with Gasteiger partial charge in [0.15, 0.2) is 5.78 Å². The molecule has 0 aliphatic carbocycles. The molecule has 0 unspecified atom stereocenters. The highest BCUT2D eigenvalue weighted by Gasteiger charge is 2.06. The van der Waals surface area contributed by atoms with Gasteiger partial charge in [0, 0.05) is 17.9 Å². The zero-order valence-corrected chi connectivity index (χ0v) is 8.84. The Morgan fingerprint density at radius 2 is 2.21 bits per heavy atom. The van der Waals surface area contributed by atoms with Gasteiger partial charge in [-0.1, -0.05) is 12.1 Å². The second-order valence-electron chi connectivity index (χ2n) is 3.16. The van der Waals surface area contributed by atoms with Crippen molar-refractivity contribution in [1.29, 1.82) is 0 Å². The fourth-order valence-corrected chi connectivity index (χ4v) is 1.42. The van der Waals surface area contributed by atoms with Gasteiger partial charge in [-0.15, -0.1) is 11.6 Å². The first kappa shape index (κ1) is 11.2. The van der Waals surface area contributed by atoms with E-state index in [2.05, 4.69) is 0 Å². The average Bonchev–Trinajstić information content (AvgIpc) is 2.19. The molecule has 0 aliphatic heterocycles. The van der Waals surface area contributed by atoms with Crippen LogP contribution in [0.3, 0.4) is 0 Å². The highest BCUT2D eigenvalue weighted by atomic mass is 35.5. The van der Waals surface area contributed by atoms with E-state index < -0.39 is 0 Å². The summed E-state index contributed by atoms with van der Waals surface area (Å²) in [7, 11) is 0. The van der Waals surface area contributed by atoms with Crippen LogP contribution in [0.1, 0.15) is 27.9 Å². The molecule has 0 atom stereocenters. The summed E-state index contributed by atoms with van der Waals surface area (Å²) < 4.78 is 0. The maximum atomic E-state index is 11.5. The fourth-order valence-electron chi connectivity index (χ4n) is 1.25. The van der Waals surface area contributed by atoms with Crippen LogP contribution in [-0.4, -0.2) is 16.8 Å². The summed E-state index contributed by atoms with van der Waals surface area (Å²) in [6.45, 7) is 1.87. The van der Waals surface area contributed by atoms with Crippen LogP contribution in [-0.2, 0) is 6.61 Å². The zero-order valence-electron chi connectivity index (χ0n) is 8.09. The highest BCUT2D eigenvalue weighted by molar-refractivity contribution is 6.19. The number of Topliss-reactive ketones (excluding diaryl/α,β-unsaturated/α-hetero) is 1. The molecule has 76 valence electrons. The monoisotopic (exact) mass is 212 g/mol. The molecule has 1 aromatic rings. The number of alkyl halides is 1. The van der Waals surface area contributed by atoms with E-state index in [1.807, 2.05) is 13.0 Å². The van der Waals surface area contributed by atoms with Gasteiger partial charge in [-0.3, -0.25) is 4.79 Å². The Bertz CT molecular complexity index is 334. The summed E-state index contributed by atoms with van der Waals surface area (Å²) in [6, 6.07) is 5.33. The molecular formula is C11H13ClO2. The molecule has 0 amide bonds. The number of aliphatic hydroxyl groups excluding tert-OH is 1. The Morgan fingerprint density at radius 1 is 1.50 bits per heavy atom. The molecule has 3 heteroatoms. The van der Waals surface area contributed by atoms with Crippen molar-refractivity contribution in [3.05, 3.63) is 34.9 Å². The molecule has 0 spiro atoms. The van der Waals surface area contributed by atoms with Crippen molar-refractivity contribution in [2.24, 2.45) is 0 Å². The first-order chi connectivity index (χ1) is 6.69. The first-order valence-electron chi connectivity index (χ1n) is 4.48. The lowest BCUT2D eigenvalue weighted by Gasteiger charge is -2.05. The molecule has 2 nitrogen and oxygen atoms in total. The average molecular weight is 213 g/mol. The smallest absolute Gasteiger partial charge is 0.164 e. The number of carbonyl (C=O) groups is 1. The van der Waals surface area contributed by atoms with Gasteiger partial charge in [0.25, 0.3) is 0 Å². The highest BCUT2D eigenvalue weighted by Crippen LogP contribution is 2.13. The first-order valence-corrected chi connectivity index (χ1v) is 5.02. The molecule has 1 aromatic carbocycles. The van der Waals surface area contributed by atoms with E-state index in [9.17, 15) is 4.79 Å². The van der Waals surface area contributed by atoms with Crippen molar-refractivity contribution in [2.75, 3.05) is 5.88 Å². The van der Waals surface area contributed by atoms with Gasteiger partial charge in [0.1, 0.15) is 0 Å². The van der Waals surface area contributed by atoms with E-state index in [-0.39, 0.29) is 12.4 Å². The van der Waals surface area contributed by atoms with Gasteiger partial charge in [-0.05, 0) is 24.1 Å². The van der Waals surface area contributed by atoms with Crippen molar-refractivity contribution in [3.8, 4) is 0 Å². The lowest BCUT2D eigenvalue weighted by molar-refractivity contribution is 0.0989. The topological polar surface area (TPSA) is 37.3 Å².